The van der Waals surface area contributed by atoms with Crippen LogP contribution in [-0.4, -0.2) is 9.97 Å². The van der Waals surface area contributed by atoms with Crippen molar-refractivity contribution < 1.29 is 70.2 Å². The number of benzene rings is 2. The van der Waals surface area contributed by atoms with E-state index in [2.05, 4.69) is 9.97 Å². The summed E-state index contributed by atoms with van der Waals surface area (Å²) in [5, 5.41) is 0. The second-order valence-electron chi connectivity index (χ2n) is 7.20. The van der Waals surface area contributed by atoms with Crippen molar-refractivity contribution >= 4 is 0 Å². The highest BCUT2D eigenvalue weighted by Gasteiger charge is 2.56. The van der Waals surface area contributed by atoms with Crippen molar-refractivity contribution in [3.63, 3.8) is 0 Å². The lowest BCUT2D eigenvalue weighted by atomic mass is 10.0. The Morgan fingerprint density at radius 3 is 1.41 bits per heavy atom. The first-order valence-corrected chi connectivity index (χ1v) is 8.92. The molecule has 0 fully saturated rings. The van der Waals surface area contributed by atoms with Crippen LogP contribution in [0.25, 0.3) is 22.5 Å². The molecule has 1 aliphatic carbocycles. The van der Waals surface area contributed by atoms with Gasteiger partial charge in [-0.25, -0.2) is 45.1 Å². The number of hydrogen-bond donors (Lipinski definition) is 0. The molecule has 0 bridgehead atoms. The van der Waals surface area contributed by atoms with Crippen LogP contribution >= 0.6 is 0 Å². The van der Waals surface area contributed by atoms with Crippen LogP contribution in [0, 0.1) is 46.5 Å². The molecule has 0 saturated carbocycles. The topological polar surface area (TPSA) is 25.8 Å². The number of nitrogens with zero attached hydrogens (tertiary/aromatic N) is 2. The largest absolute Gasteiger partial charge is 0.434 e. The monoisotopic (exact) mass is 560 g/mol. The Labute approximate surface area is 191 Å². The second-order valence-corrected chi connectivity index (χ2v) is 7.20. The van der Waals surface area contributed by atoms with E-state index in [1.807, 2.05) is 0 Å². The van der Waals surface area contributed by atoms with Crippen LogP contribution < -0.4 is 0 Å². The minimum atomic E-state index is -6.10. The lowest BCUT2D eigenvalue weighted by Crippen LogP contribution is -2.20. The summed E-state index contributed by atoms with van der Waals surface area (Å²) in [5.41, 5.74) is -18.0. The maximum atomic E-state index is 14.9. The van der Waals surface area contributed by atoms with Crippen molar-refractivity contribution in [2.75, 3.05) is 0 Å². The van der Waals surface area contributed by atoms with E-state index in [-0.39, 0.29) is 0 Å². The molecule has 18 heteroatoms. The van der Waals surface area contributed by atoms with Gasteiger partial charge in [-0.2, -0.15) is 35.1 Å². The van der Waals surface area contributed by atoms with Gasteiger partial charge in [0.1, 0.15) is 11.3 Å². The maximum absolute atomic E-state index is 14.9. The van der Waals surface area contributed by atoms with E-state index >= 15 is 0 Å². The number of alkyl halides is 8. The minimum absolute atomic E-state index is 2.24. The van der Waals surface area contributed by atoms with Crippen LogP contribution in [0.4, 0.5) is 70.2 Å². The van der Waals surface area contributed by atoms with Gasteiger partial charge in [-0.3, -0.25) is 0 Å². The second kappa shape index (κ2) is 7.70. The molecule has 0 aliphatic heterocycles. The zero-order valence-corrected chi connectivity index (χ0v) is 16.4. The van der Waals surface area contributed by atoms with E-state index in [0.29, 0.717) is 0 Å². The Bertz CT molecular complexity index is 1470. The fraction of sp³-hybridized carbons (Fsp3) is 0.158. The van der Waals surface area contributed by atoms with E-state index in [0.717, 1.165) is 0 Å². The molecule has 0 unspecified atom stereocenters. The molecule has 1 aromatic heterocycles. The molecule has 0 N–H and O–H groups in total. The first-order valence-electron chi connectivity index (χ1n) is 8.92. The van der Waals surface area contributed by atoms with E-state index < -0.39 is 110 Å². The van der Waals surface area contributed by atoms with Gasteiger partial charge >= 0.3 is 18.3 Å². The van der Waals surface area contributed by atoms with Crippen LogP contribution in [0.15, 0.2) is 0 Å². The van der Waals surface area contributed by atoms with Crippen molar-refractivity contribution in [1.82, 2.24) is 9.97 Å². The standard InChI is InChI=1S/C19F16N2/c20-6-1-2-14(17(28,29)4(1)9(23)13(27)12(6)26)36-16(37-15(2)19(33,34)35)3-7(21)10(24)5(18(30,31)32)11(25)8(3)22. The highest BCUT2D eigenvalue weighted by molar-refractivity contribution is 5.82. The van der Waals surface area contributed by atoms with E-state index in [1.165, 1.54) is 0 Å². The summed E-state index contributed by atoms with van der Waals surface area (Å²) in [6, 6.07) is 0. The van der Waals surface area contributed by atoms with Gasteiger partial charge in [0.2, 0.25) is 0 Å². The number of hydrogen-bond acceptors (Lipinski definition) is 2. The summed E-state index contributed by atoms with van der Waals surface area (Å²) in [6.45, 7) is 0. The van der Waals surface area contributed by atoms with Gasteiger partial charge in [-0.15, -0.1) is 0 Å². The number of rotatable bonds is 1. The Morgan fingerprint density at radius 1 is 0.486 bits per heavy atom. The fourth-order valence-corrected chi connectivity index (χ4v) is 3.60. The summed E-state index contributed by atoms with van der Waals surface area (Å²) in [5.74, 6) is -31.7. The highest BCUT2D eigenvalue weighted by Crippen LogP contribution is 2.56. The number of halogens is 16. The number of fused-ring (bicyclic) bond motifs is 3. The zero-order valence-electron chi connectivity index (χ0n) is 16.4. The number of aromatic nitrogens is 2. The molecule has 0 radical (unpaired) electrons. The lowest BCUT2D eigenvalue weighted by Gasteiger charge is -2.17. The van der Waals surface area contributed by atoms with Crippen molar-refractivity contribution in [2.24, 2.45) is 0 Å². The molecule has 0 spiro atoms. The molecule has 0 atom stereocenters. The van der Waals surface area contributed by atoms with Crippen LogP contribution in [-0.2, 0) is 18.3 Å². The molecule has 1 aliphatic rings. The molecular formula is C19F16N2. The van der Waals surface area contributed by atoms with Crippen molar-refractivity contribution in [2.45, 2.75) is 18.3 Å². The minimum Gasteiger partial charge on any atom is -0.225 e. The van der Waals surface area contributed by atoms with Crippen LogP contribution in [0.1, 0.15) is 22.5 Å². The predicted molar refractivity (Wildman–Crippen MR) is 85.6 cm³/mol. The zero-order chi connectivity index (χ0) is 28.2. The molecule has 37 heavy (non-hydrogen) atoms. The fourth-order valence-electron chi connectivity index (χ4n) is 3.60. The first-order chi connectivity index (χ1) is 16.7. The highest BCUT2D eigenvalue weighted by atomic mass is 19.4. The van der Waals surface area contributed by atoms with Crippen molar-refractivity contribution in [1.29, 1.82) is 0 Å². The SMILES string of the molecule is Fc1c(F)c(F)c2c(c1F)-c1c(C(F)(F)F)nc(-c3c(F)c(F)c(C(F)(F)F)c(F)c3F)nc1C2(F)F. The summed E-state index contributed by atoms with van der Waals surface area (Å²) in [7, 11) is 0. The molecule has 2 nitrogen and oxygen atoms in total. The molecule has 4 rings (SSSR count). The molecular weight excluding hydrogens is 560 g/mol. The third kappa shape index (κ3) is 3.51. The summed E-state index contributed by atoms with van der Waals surface area (Å²) in [4.78, 5) is 4.97. The average Bonchev–Trinajstić information content (AvgIpc) is 3.00. The smallest absolute Gasteiger partial charge is 0.225 e. The predicted octanol–water partition coefficient (Wildman–Crippen LogP) is 7.41. The van der Waals surface area contributed by atoms with Crippen molar-refractivity contribution in [3.8, 4) is 22.5 Å². The molecule has 198 valence electrons. The van der Waals surface area contributed by atoms with Gasteiger partial charge in [-0.1, -0.05) is 0 Å². The lowest BCUT2D eigenvalue weighted by molar-refractivity contribution is -0.143. The molecule has 0 saturated heterocycles. The molecule has 1 heterocycles. The van der Waals surface area contributed by atoms with Crippen molar-refractivity contribution in [3.05, 3.63) is 69.1 Å². The van der Waals surface area contributed by atoms with Gasteiger partial charge in [0.05, 0.1) is 11.1 Å². The normalized spacial score (nSPS) is 14.7. The summed E-state index contributed by atoms with van der Waals surface area (Å²) >= 11 is 0. The van der Waals surface area contributed by atoms with Gasteiger partial charge < -0.3 is 0 Å². The Hall–Kier alpha value is -3.60. The van der Waals surface area contributed by atoms with Gasteiger partial charge in [-0.05, 0) is 0 Å². The molecule has 0 amide bonds. The quantitative estimate of drug-likeness (QED) is 0.176. The third-order valence-corrected chi connectivity index (χ3v) is 5.08. The van der Waals surface area contributed by atoms with Crippen LogP contribution in [0.5, 0.6) is 0 Å². The maximum Gasteiger partial charge on any atom is 0.434 e. The third-order valence-electron chi connectivity index (χ3n) is 5.08. The van der Waals surface area contributed by atoms with E-state index in [9.17, 15) is 70.2 Å². The van der Waals surface area contributed by atoms with E-state index in [4.69, 9.17) is 0 Å². The van der Waals surface area contributed by atoms with Crippen LogP contribution in [0.2, 0.25) is 0 Å². The van der Waals surface area contributed by atoms with Gasteiger partial charge in [0, 0.05) is 11.1 Å². The molecule has 3 aromatic rings. The Morgan fingerprint density at radius 2 is 0.946 bits per heavy atom. The Kier molecular flexibility index (Phi) is 5.51. The summed E-state index contributed by atoms with van der Waals surface area (Å²) < 4.78 is 221. The first kappa shape index (κ1) is 26.5. The van der Waals surface area contributed by atoms with Crippen LogP contribution in [0.3, 0.4) is 0 Å². The molecule has 2 aromatic carbocycles. The van der Waals surface area contributed by atoms with E-state index in [1.54, 1.807) is 0 Å². The average molecular weight is 560 g/mol. The van der Waals surface area contributed by atoms with Gasteiger partial charge in [0.15, 0.2) is 58.1 Å². The summed E-state index contributed by atoms with van der Waals surface area (Å²) in [6.07, 6.45) is -12.2. The Balaban J connectivity index is 2.18. The van der Waals surface area contributed by atoms with Gasteiger partial charge in [0.25, 0.3) is 0 Å².